The van der Waals surface area contributed by atoms with E-state index in [-0.39, 0.29) is 34.9 Å². The fourth-order valence-electron chi connectivity index (χ4n) is 8.57. The Morgan fingerprint density at radius 2 is 1.59 bits per heavy atom. The molecule has 3 aliphatic carbocycles. The van der Waals surface area contributed by atoms with Crippen LogP contribution in [0.2, 0.25) is 0 Å². The predicted molar refractivity (Wildman–Crippen MR) is 184 cm³/mol. The maximum atomic E-state index is 14.3. The Kier molecular flexibility index (Phi) is 7.97. The van der Waals surface area contributed by atoms with Gasteiger partial charge in [-0.2, -0.15) is 0 Å². The zero-order valence-corrected chi connectivity index (χ0v) is 27.6. The van der Waals surface area contributed by atoms with Crippen molar-refractivity contribution < 1.29 is 18.9 Å². The van der Waals surface area contributed by atoms with Gasteiger partial charge in [-0.15, -0.1) is 0 Å². The van der Waals surface area contributed by atoms with Gasteiger partial charge in [0.1, 0.15) is 6.04 Å². The first-order valence-corrected chi connectivity index (χ1v) is 16.9. The zero-order chi connectivity index (χ0) is 32.2. The molecular weight excluding hydrogens is 571 g/mol. The number of rotatable bonds is 9. The third kappa shape index (κ3) is 5.52. The average Bonchev–Trinajstić information content (AvgIpc) is 3.41. The fourth-order valence-corrected chi connectivity index (χ4v) is 8.57. The molecule has 7 heteroatoms. The molecule has 4 fully saturated rings. The summed E-state index contributed by atoms with van der Waals surface area (Å²) >= 11 is 0. The van der Waals surface area contributed by atoms with Gasteiger partial charge in [-0.25, -0.2) is 0 Å². The molecule has 0 spiro atoms. The maximum Gasteiger partial charge on any atom is 0.481 e. The molecule has 0 radical (unpaired) electrons. The largest absolute Gasteiger partial charge is 0.481 e. The van der Waals surface area contributed by atoms with Crippen molar-refractivity contribution in [1.82, 2.24) is 10.6 Å². The van der Waals surface area contributed by atoms with E-state index in [2.05, 4.69) is 63.5 Å². The number of carbonyl (C=O) groups is 2. The highest BCUT2D eigenvalue weighted by Gasteiger charge is 2.68. The minimum absolute atomic E-state index is 0.0277. The van der Waals surface area contributed by atoms with Gasteiger partial charge in [0.25, 0.3) is 5.91 Å². The molecule has 1 heterocycles. The molecule has 4 aromatic rings. The molecule has 2 bridgehead atoms. The van der Waals surface area contributed by atoms with Crippen LogP contribution in [-0.2, 0) is 20.5 Å². The minimum atomic E-state index is -0.801. The number of hydrogen-bond acceptors (Lipinski definition) is 4. The predicted octanol–water partition coefficient (Wildman–Crippen LogP) is 7.13. The highest BCUT2D eigenvalue weighted by molar-refractivity contribution is 6.48. The van der Waals surface area contributed by atoms with E-state index in [0.717, 1.165) is 33.5 Å². The molecule has 2 amide bonds. The van der Waals surface area contributed by atoms with Gasteiger partial charge in [0.05, 0.1) is 17.6 Å². The first kappa shape index (κ1) is 31.0. The van der Waals surface area contributed by atoms with Gasteiger partial charge < -0.3 is 19.9 Å². The summed E-state index contributed by atoms with van der Waals surface area (Å²) in [5.41, 5.74) is 1.40. The molecule has 1 aliphatic heterocycles. The smallest absolute Gasteiger partial charge is 0.404 e. The summed E-state index contributed by atoms with van der Waals surface area (Å²) in [6.07, 6.45) is 3.25. The van der Waals surface area contributed by atoms with E-state index < -0.39 is 13.2 Å². The summed E-state index contributed by atoms with van der Waals surface area (Å²) in [6, 6.07) is 27.1. The van der Waals surface area contributed by atoms with Crippen molar-refractivity contribution >= 4 is 40.5 Å². The fraction of sp³-hybridized carbons (Fsp3) is 0.436. The van der Waals surface area contributed by atoms with E-state index in [1.807, 2.05) is 66.7 Å². The number of hydrogen-bond donors (Lipinski definition) is 2. The monoisotopic (exact) mass is 616 g/mol. The van der Waals surface area contributed by atoms with Crippen molar-refractivity contribution in [3.05, 3.63) is 96.1 Å². The van der Waals surface area contributed by atoms with Crippen LogP contribution in [0.3, 0.4) is 0 Å². The topological polar surface area (TPSA) is 76.7 Å². The van der Waals surface area contributed by atoms with E-state index in [1.165, 1.54) is 6.42 Å². The lowest BCUT2D eigenvalue weighted by molar-refractivity contribution is -0.199. The Morgan fingerprint density at radius 1 is 0.870 bits per heavy atom. The normalized spacial score (nSPS) is 26.0. The molecule has 3 saturated carbocycles. The van der Waals surface area contributed by atoms with Crippen LogP contribution in [0.25, 0.3) is 21.5 Å². The Bertz CT molecular complexity index is 1780. The Morgan fingerprint density at radius 3 is 2.35 bits per heavy atom. The van der Waals surface area contributed by atoms with Crippen LogP contribution in [0.5, 0.6) is 0 Å². The third-order valence-corrected chi connectivity index (χ3v) is 11.3. The molecule has 6 atom stereocenters. The van der Waals surface area contributed by atoms with Crippen molar-refractivity contribution in [2.45, 2.75) is 84.0 Å². The Labute approximate surface area is 272 Å². The summed E-state index contributed by atoms with van der Waals surface area (Å²) < 4.78 is 13.5. The molecule has 1 saturated heterocycles. The minimum Gasteiger partial charge on any atom is -0.404 e. The Hall–Kier alpha value is -3.68. The lowest BCUT2D eigenvalue weighted by atomic mass is 9.43. The van der Waals surface area contributed by atoms with Gasteiger partial charge in [0.2, 0.25) is 5.91 Å². The van der Waals surface area contributed by atoms with Crippen LogP contribution >= 0.6 is 0 Å². The first-order valence-electron chi connectivity index (χ1n) is 16.9. The van der Waals surface area contributed by atoms with Crippen LogP contribution in [-0.4, -0.2) is 42.6 Å². The van der Waals surface area contributed by atoms with Gasteiger partial charge >= 0.3 is 7.12 Å². The lowest BCUT2D eigenvalue weighted by Gasteiger charge is -2.64. The van der Waals surface area contributed by atoms with E-state index in [9.17, 15) is 9.59 Å². The van der Waals surface area contributed by atoms with Crippen molar-refractivity contribution in [3.8, 4) is 0 Å². The van der Waals surface area contributed by atoms with Crippen LogP contribution in [0, 0.1) is 23.2 Å². The number of amides is 2. The molecule has 4 aliphatic rings. The average molecular weight is 617 g/mol. The summed E-state index contributed by atoms with van der Waals surface area (Å²) in [5.74, 6) is 0.533. The number of fused-ring (bicyclic) bond motifs is 2. The SMILES string of the molecule is CC(C)C[C@H](NC(=O)[C@H](Cc1cccc2ccccc12)NC(=O)c1ccc2ccccc2c1)B1OC2C[C@@H]3C[C@@H](C3(C)C)[C@]2(C)O1. The maximum absolute atomic E-state index is 14.3. The van der Waals surface area contributed by atoms with E-state index in [4.69, 9.17) is 9.31 Å². The third-order valence-electron chi connectivity index (χ3n) is 11.3. The number of benzene rings is 4. The van der Waals surface area contributed by atoms with Crippen LogP contribution in [0.15, 0.2) is 84.9 Å². The van der Waals surface area contributed by atoms with Crippen LogP contribution in [0.1, 0.15) is 69.8 Å². The standard InChI is InChI=1S/C39H45BN2O4/c1-24(2)19-35(40-45-34-23-30-22-33(38(30,3)4)39(34,5)46-40)42-37(44)32(21-28-15-10-14-26-12-8-9-16-31(26)28)41-36(43)29-18-17-25-11-6-7-13-27(25)20-29/h6-18,20,24,30,32-35H,19,21-23H2,1-5H3,(H,41,43)(H,42,44)/t30-,32-,33-,34?,35-,39-/m0/s1. The van der Waals surface area contributed by atoms with Crippen molar-refractivity contribution in [2.75, 3.05) is 0 Å². The highest BCUT2D eigenvalue weighted by Crippen LogP contribution is 2.65. The van der Waals surface area contributed by atoms with Gasteiger partial charge in [-0.1, -0.05) is 100 Å². The van der Waals surface area contributed by atoms with Gasteiger partial charge in [-0.05, 0) is 88.6 Å². The summed E-state index contributed by atoms with van der Waals surface area (Å²) in [5, 5.41) is 10.6. The van der Waals surface area contributed by atoms with E-state index in [1.54, 1.807) is 0 Å². The van der Waals surface area contributed by atoms with Crippen molar-refractivity contribution in [3.63, 3.8) is 0 Å². The first-order chi connectivity index (χ1) is 22.0. The lowest BCUT2D eigenvalue weighted by Crippen LogP contribution is -2.65. The molecule has 238 valence electrons. The second-order valence-electron chi connectivity index (χ2n) is 15.0. The summed E-state index contributed by atoms with van der Waals surface area (Å²) in [6.45, 7) is 11.2. The van der Waals surface area contributed by atoms with Crippen LogP contribution in [0.4, 0.5) is 0 Å². The quantitative estimate of drug-likeness (QED) is 0.196. The molecule has 6 nitrogen and oxygen atoms in total. The molecule has 0 aromatic heterocycles. The second-order valence-corrected chi connectivity index (χ2v) is 15.0. The summed E-state index contributed by atoms with van der Waals surface area (Å²) in [4.78, 5) is 28.1. The molecule has 1 unspecified atom stereocenters. The zero-order valence-electron chi connectivity index (χ0n) is 27.6. The molecule has 8 rings (SSSR count). The molecule has 4 aromatic carbocycles. The second kappa shape index (κ2) is 11.8. The number of carbonyl (C=O) groups excluding carboxylic acids is 2. The summed E-state index contributed by atoms with van der Waals surface area (Å²) in [7, 11) is -0.536. The van der Waals surface area contributed by atoms with Gasteiger partial charge in [0.15, 0.2) is 0 Å². The van der Waals surface area contributed by atoms with Gasteiger partial charge in [-0.3, -0.25) is 9.59 Å². The molecule has 46 heavy (non-hydrogen) atoms. The molecule has 2 N–H and O–H groups in total. The van der Waals surface area contributed by atoms with Crippen LogP contribution < -0.4 is 10.6 Å². The van der Waals surface area contributed by atoms with E-state index in [0.29, 0.717) is 36.2 Å². The van der Waals surface area contributed by atoms with E-state index >= 15 is 0 Å². The van der Waals surface area contributed by atoms with Crippen molar-refractivity contribution in [1.29, 1.82) is 0 Å². The Balaban J connectivity index is 1.16. The number of nitrogens with one attached hydrogen (secondary N) is 2. The highest BCUT2D eigenvalue weighted by atomic mass is 16.7. The van der Waals surface area contributed by atoms with Gasteiger partial charge in [0, 0.05) is 12.0 Å². The molecular formula is C39H45BN2O4. The van der Waals surface area contributed by atoms with Crippen molar-refractivity contribution in [2.24, 2.45) is 23.2 Å².